The summed E-state index contributed by atoms with van der Waals surface area (Å²) in [6.45, 7) is 0. The van der Waals surface area contributed by atoms with Crippen molar-refractivity contribution >= 4 is 22.9 Å². The maximum atomic E-state index is 11.7. The molecule has 1 aliphatic rings. The Morgan fingerprint density at radius 2 is 2.19 bits per heavy atom. The van der Waals surface area contributed by atoms with Gasteiger partial charge in [-0.05, 0) is 23.8 Å². The predicted octanol–water partition coefficient (Wildman–Crippen LogP) is 3.59. The SMILES string of the molecule is CN1C(=O)Cc2cc(-c3csc(-c4ccoc4)n3)ccc21. The van der Waals surface area contributed by atoms with Gasteiger partial charge in [0.2, 0.25) is 5.91 Å². The number of thiazole rings is 1. The monoisotopic (exact) mass is 296 g/mol. The second kappa shape index (κ2) is 4.56. The van der Waals surface area contributed by atoms with Crippen LogP contribution in [-0.4, -0.2) is 17.9 Å². The Hall–Kier alpha value is -2.40. The molecule has 1 aliphatic heterocycles. The number of furan rings is 1. The second-order valence-electron chi connectivity index (χ2n) is 5.02. The van der Waals surface area contributed by atoms with Crippen molar-refractivity contribution in [1.82, 2.24) is 4.98 Å². The standard InChI is InChI=1S/C16H12N2O2S/c1-18-14-3-2-10(6-12(14)7-15(18)19)13-9-21-16(17-13)11-4-5-20-8-11/h2-6,8-9H,7H2,1H3. The maximum Gasteiger partial charge on any atom is 0.231 e. The van der Waals surface area contributed by atoms with Gasteiger partial charge in [-0.1, -0.05) is 6.07 Å². The van der Waals surface area contributed by atoms with Gasteiger partial charge < -0.3 is 9.32 Å². The fourth-order valence-electron chi connectivity index (χ4n) is 2.55. The van der Waals surface area contributed by atoms with Gasteiger partial charge in [-0.3, -0.25) is 4.79 Å². The van der Waals surface area contributed by atoms with Crippen molar-refractivity contribution in [2.24, 2.45) is 0 Å². The first kappa shape index (κ1) is 12.3. The third-order valence-electron chi connectivity index (χ3n) is 3.72. The molecule has 0 spiro atoms. The van der Waals surface area contributed by atoms with E-state index < -0.39 is 0 Å². The Morgan fingerprint density at radius 3 is 3.00 bits per heavy atom. The summed E-state index contributed by atoms with van der Waals surface area (Å²) in [5, 5.41) is 2.97. The van der Waals surface area contributed by atoms with Crippen molar-refractivity contribution in [3.63, 3.8) is 0 Å². The first-order valence-electron chi connectivity index (χ1n) is 6.60. The van der Waals surface area contributed by atoms with Crippen molar-refractivity contribution in [1.29, 1.82) is 0 Å². The summed E-state index contributed by atoms with van der Waals surface area (Å²) in [6.07, 6.45) is 3.81. The van der Waals surface area contributed by atoms with Crippen molar-refractivity contribution in [2.75, 3.05) is 11.9 Å². The number of aromatic nitrogens is 1. The van der Waals surface area contributed by atoms with Crippen LogP contribution in [0, 0.1) is 0 Å². The van der Waals surface area contributed by atoms with Gasteiger partial charge in [-0.15, -0.1) is 11.3 Å². The van der Waals surface area contributed by atoms with Crippen LogP contribution in [0.15, 0.2) is 46.6 Å². The molecule has 3 heterocycles. The van der Waals surface area contributed by atoms with Crippen LogP contribution in [0.3, 0.4) is 0 Å². The van der Waals surface area contributed by atoms with E-state index >= 15 is 0 Å². The van der Waals surface area contributed by atoms with E-state index in [1.54, 1.807) is 28.8 Å². The number of likely N-dealkylation sites (N-methyl/N-ethyl adjacent to an activating group) is 1. The Balaban J connectivity index is 1.72. The number of hydrogen-bond acceptors (Lipinski definition) is 4. The summed E-state index contributed by atoms with van der Waals surface area (Å²) in [7, 11) is 1.81. The normalized spacial score (nSPS) is 13.8. The number of hydrogen-bond donors (Lipinski definition) is 0. The lowest BCUT2D eigenvalue weighted by molar-refractivity contribution is -0.117. The lowest BCUT2D eigenvalue weighted by atomic mass is 10.1. The summed E-state index contributed by atoms with van der Waals surface area (Å²) < 4.78 is 5.09. The summed E-state index contributed by atoms with van der Waals surface area (Å²) in [6, 6.07) is 7.97. The molecule has 0 unspecified atom stereocenters. The molecule has 0 fully saturated rings. The molecule has 0 radical (unpaired) electrons. The zero-order valence-electron chi connectivity index (χ0n) is 11.4. The Morgan fingerprint density at radius 1 is 1.29 bits per heavy atom. The van der Waals surface area contributed by atoms with Gasteiger partial charge in [-0.2, -0.15) is 0 Å². The zero-order chi connectivity index (χ0) is 14.4. The van der Waals surface area contributed by atoms with Crippen LogP contribution in [0.4, 0.5) is 5.69 Å². The van der Waals surface area contributed by atoms with Crippen molar-refractivity contribution < 1.29 is 9.21 Å². The Kier molecular flexibility index (Phi) is 2.68. The molecule has 1 amide bonds. The minimum absolute atomic E-state index is 0.138. The van der Waals surface area contributed by atoms with Crippen molar-refractivity contribution in [3.8, 4) is 21.8 Å². The van der Waals surface area contributed by atoms with Crippen LogP contribution in [0.2, 0.25) is 0 Å². The molecule has 0 atom stereocenters. The molecule has 104 valence electrons. The fraction of sp³-hybridized carbons (Fsp3) is 0.125. The van der Waals surface area contributed by atoms with E-state index in [-0.39, 0.29) is 5.91 Å². The number of fused-ring (bicyclic) bond motifs is 1. The number of carbonyl (C=O) groups excluding carboxylic acids is 1. The maximum absolute atomic E-state index is 11.7. The van der Waals surface area contributed by atoms with Gasteiger partial charge in [0.05, 0.1) is 18.4 Å². The van der Waals surface area contributed by atoms with Crippen LogP contribution in [0.25, 0.3) is 21.8 Å². The van der Waals surface area contributed by atoms with Gasteiger partial charge in [0.25, 0.3) is 0 Å². The highest BCUT2D eigenvalue weighted by Gasteiger charge is 2.24. The molecule has 0 bridgehead atoms. The topological polar surface area (TPSA) is 46.3 Å². The van der Waals surface area contributed by atoms with E-state index in [0.29, 0.717) is 6.42 Å². The molecule has 5 heteroatoms. The highest BCUT2D eigenvalue weighted by Crippen LogP contribution is 2.34. The first-order valence-corrected chi connectivity index (χ1v) is 7.48. The van der Waals surface area contributed by atoms with Gasteiger partial charge in [0, 0.05) is 29.2 Å². The first-order chi connectivity index (χ1) is 10.2. The second-order valence-corrected chi connectivity index (χ2v) is 5.88. The molecule has 21 heavy (non-hydrogen) atoms. The van der Waals surface area contributed by atoms with Crippen LogP contribution < -0.4 is 4.90 Å². The van der Waals surface area contributed by atoms with E-state index in [1.807, 2.05) is 30.6 Å². The highest BCUT2D eigenvalue weighted by atomic mass is 32.1. The number of carbonyl (C=O) groups is 1. The largest absolute Gasteiger partial charge is 0.472 e. The van der Waals surface area contributed by atoms with E-state index in [0.717, 1.165) is 33.1 Å². The lowest BCUT2D eigenvalue weighted by Crippen LogP contribution is -2.20. The Bertz CT molecular complexity index is 821. The summed E-state index contributed by atoms with van der Waals surface area (Å²) in [4.78, 5) is 18.1. The third-order valence-corrected chi connectivity index (χ3v) is 4.62. The quantitative estimate of drug-likeness (QED) is 0.726. The van der Waals surface area contributed by atoms with E-state index in [9.17, 15) is 4.79 Å². The van der Waals surface area contributed by atoms with Crippen molar-refractivity contribution in [3.05, 3.63) is 47.7 Å². The fourth-order valence-corrected chi connectivity index (χ4v) is 3.37. The molecule has 1 aromatic carbocycles. The average Bonchev–Trinajstić information content (AvgIpc) is 3.20. The van der Waals surface area contributed by atoms with Gasteiger partial charge in [0.15, 0.2) is 0 Å². The summed E-state index contributed by atoms with van der Waals surface area (Å²) >= 11 is 1.59. The van der Waals surface area contributed by atoms with Crippen LogP contribution in [0.1, 0.15) is 5.56 Å². The molecule has 3 aromatic rings. The van der Waals surface area contributed by atoms with Gasteiger partial charge in [0.1, 0.15) is 11.3 Å². The number of rotatable bonds is 2. The van der Waals surface area contributed by atoms with Gasteiger partial charge in [-0.25, -0.2) is 4.98 Å². The van der Waals surface area contributed by atoms with Crippen LogP contribution in [0.5, 0.6) is 0 Å². The predicted molar refractivity (Wildman–Crippen MR) is 82.4 cm³/mol. The summed E-state index contributed by atoms with van der Waals surface area (Å²) in [5.74, 6) is 0.138. The number of anilines is 1. The molecule has 0 saturated carbocycles. The van der Waals surface area contributed by atoms with Crippen LogP contribution >= 0.6 is 11.3 Å². The molecule has 4 nitrogen and oxygen atoms in total. The molecular formula is C16H12N2O2S. The smallest absolute Gasteiger partial charge is 0.231 e. The molecule has 0 aliphatic carbocycles. The lowest BCUT2D eigenvalue weighted by Gasteiger charge is -2.09. The molecular weight excluding hydrogens is 284 g/mol. The molecule has 4 rings (SSSR count). The molecule has 2 aromatic heterocycles. The Labute approximate surface area is 125 Å². The number of nitrogens with zero attached hydrogens (tertiary/aromatic N) is 2. The van der Waals surface area contributed by atoms with Gasteiger partial charge >= 0.3 is 0 Å². The summed E-state index contributed by atoms with van der Waals surface area (Å²) in [5.41, 5.74) is 5.03. The van der Waals surface area contributed by atoms with E-state index in [2.05, 4.69) is 11.1 Å². The zero-order valence-corrected chi connectivity index (χ0v) is 12.2. The minimum Gasteiger partial charge on any atom is -0.472 e. The van der Waals surface area contributed by atoms with E-state index in [1.165, 1.54) is 0 Å². The average molecular weight is 296 g/mol. The van der Waals surface area contributed by atoms with Crippen molar-refractivity contribution in [2.45, 2.75) is 6.42 Å². The minimum atomic E-state index is 0.138. The number of amides is 1. The molecule has 0 saturated heterocycles. The van der Waals surface area contributed by atoms with Crippen LogP contribution in [-0.2, 0) is 11.2 Å². The molecule has 0 N–H and O–H groups in total. The highest BCUT2D eigenvalue weighted by molar-refractivity contribution is 7.13. The number of benzene rings is 1. The van der Waals surface area contributed by atoms with E-state index in [4.69, 9.17) is 4.42 Å². The third kappa shape index (κ3) is 1.97.